The van der Waals surface area contributed by atoms with Crippen LogP contribution in [0.15, 0.2) is 53.0 Å². The third-order valence-corrected chi connectivity index (χ3v) is 3.18. The monoisotopic (exact) mass is 324 g/mol. The molecule has 2 aromatic carbocycles. The molecule has 2 aromatic rings. The first-order chi connectivity index (χ1) is 8.66. The maximum atomic E-state index is 11.9. The molecule has 0 aliphatic carbocycles. The molecular weight excluding hydrogens is 316 g/mol. The van der Waals surface area contributed by atoms with Gasteiger partial charge in [0.1, 0.15) is 6.61 Å². The number of benzene rings is 2. The average molecular weight is 326 g/mol. The van der Waals surface area contributed by atoms with Crippen molar-refractivity contribution < 1.29 is 9.53 Å². The fourth-order valence-corrected chi connectivity index (χ4v) is 2.01. The molecule has 0 atom stereocenters. The standard InChI is InChI=1S/C14H10BrClO2/c15-11-6-7-13(16)12(8-11)14(17)18-9-10-4-2-1-3-5-10/h1-8H,9H2. The summed E-state index contributed by atoms with van der Waals surface area (Å²) in [4.78, 5) is 11.9. The van der Waals surface area contributed by atoms with Crippen LogP contribution in [-0.4, -0.2) is 5.97 Å². The molecule has 0 fully saturated rings. The van der Waals surface area contributed by atoms with Crippen LogP contribution in [0.5, 0.6) is 0 Å². The van der Waals surface area contributed by atoms with Crippen molar-refractivity contribution in [3.8, 4) is 0 Å². The normalized spacial score (nSPS) is 10.1. The lowest BCUT2D eigenvalue weighted by atomic mass is 10.2. The maximum absolute atomic E-state index is 11.9. The molecule has 2 rings (SSSR count). The Bertz CT molecular complexity index is 555. The number of ether oxygens (including phenoxy) is 1. The van der Waals surface area contributed by atoms with Gasteiger partial charge < -0.3 is 4.74 Å². The first kappa shape index (κ1) is 13.1. The number of esters is 1. The van der Waals surface area contributed by atoms with E-state index >= 15 is 0 Å². The zero-order valence-electron chi connectivity index (χ0n) is 9.40. The Balaban J connectivity index is 2.06. The molecule has 18 heavy (non-hydrogen) atoms. The van der Waals surface area contributed by atoms with Crippen molar-refractivity contribution in [3.63, 3.8) is 0 Å². The van der Waals surface area contributed by atoms with Gasteiger partial charge in [0.05, 0.1) is 10.6 Å². The van der Waals surface area contributed by atoms with E-state index in [0.29, 0.717) is 10.6 Å². The van der Waals surface area contributed by atoms with Crippen LogP contribution in [0, 0.1) is 0 Å². The van der Waals surface area contributed by atoms with E-state index in [1.54, 1.807) is 18.2 Å². The first-order valence-electron chi connectivity index (χ1n) is 5.33. The zero-order chi connectivity index (χ0) is 13.0. The van der Waals surface area contributed by atoms with Crippen LogP contribution >= 0.6 is 27.5 Å². The molecule has 4 heteroatoms. The van der Waals surface area contributed by atoms with Gasteiger partial charge >= 0.3 is 5.97 Å². The minimum Gasteiger partial charge on any atom is -0.457 e. The molecule has 2 nitrogen and oxygen atoms in total. The van der Waals surface area contributed by atoms with Crippen LogP contribution in [0.25, 0.3) is 0 Å². The molecular formula is C14H10BrClO2. The summed E-state index contributed by atoms with van der Waals surface area (Å²) in [6, 6.07) is 14.6. The molecule has 0 N–H and O–H groups in total. The van der Waals surface area contributed by atoms with Gasteiger partial charge in [0.15, 0.2) is 0 Å². The summed E-state index contributed by atoms with van der Waals surface area (Å²) in [7, 11) is 0. The molecule has 0 saturated heterocycles. The Kier molecular flexibility index (Phi) is 4.39. The van der Waals surface area contributed by atoms with E-state index in [1.807, 2.05) is 30.3 Å². The second-order valence-corrected chi connectivity index (χ2v) is 5.01. The zero-order valence-corrected chi connectivity index (χ0v) is 11.7. The van der Waals surface area contributed by atoms with Gasteiger partial charge in [0, 0.05) is 4.47 Å². The molecule has 0 aromatic heterocycles. The third-order valence-electron chi connectivity index (χ3n) is 2.36. The highest BCUT2D eigenvalue weighted by molar-refractivity contribution is 9.10. The lowest BCUT2D eigenvalue weighted by molar-refractivity contribution is 0.0473. The van der Waals surface area contributed by atoms with E-state index < -0.39 is 5.97 Å². The average Bonchev–Trinajstić information content (AvgIpc) is 2.40. The van der Waals surface area contributed by atoms with Crippen molar-refractivity contribution in [1.29, 1.82) is 0 Å². The number of carbonyl (C=O) groups is 1. The van der Waals surface area contributed by atoms with E-state index in [1.165, 1.54) is 0 Å². The Morgan fingerprint density at radius 3 is 2.61 bits per heavy atom. The van der Waals surface area contributed by atoms with Gasteiger partial charge in [0.2, 0.25) is 0 Å². The van der Waals surface area contributed by atoms with Crippen LogP contribution in [0.3, 0.4) is 0 Å². The predicted octanol–water partition coefficient (Wildman–Crippen LogP) is 4.46. The summed E-state index contributed by atoms with van der Waals surface area (Å²) < 4.78 is 6.00. The van der Waals surface area contributed by atoms with Crippen LogP contribution in [0.2, 0.25) is 5.02 Å². The van der Waals surface area contributed by atoms with Crippen molar-refractivity contribution in [2.75, 3.05) is 0 Å². The summed E-state index contributed by atoms with van der Waals surface area (Å²) in [6.07, 6.45) is 0. The molecule has 0 amide bonds. The molecule has 0 saturated carbocycles. The van der Waals surface area contributed by atoms with Gasteiger partial charge in [-0.25, -0.2) is 4.79 Å². The second kappa shape index (κ2) is 6.03. The molecule has 0 spiro atoms. The lowest BCUT2D eigenvalue weighted by Gasteiger charge is -2.06. The van der Waals surface area contributed by atoms with Crippen molar-refractivity contribution in [1.82, 2.24) is 0 Å². The fraction of sp³-hybridized carbons (Fsp3) is 0.0714. The van der Waals surface area contributed by atoms with E-state index in [9.17, 15) is 4.79 Å². The van der Waals surface area contributed by atoms with E-state index in [2.05, 4.69) is 15.9 Å². The smallest absolute Gasteiger partial charge is 0.340 e. The van der Waals surface area contributed by atoms with Crippen molar-refractivity contribution in [2.45, 2.75) is 6.61 Å². The molecule has 92 valence electrons. The SMILES string of the molecule is O=C(OCc1ccccc1)c1cc(Br)ccc1Cl. The Labute approximate surface area is 119 Å². The van der Waals surface area contributed by atoms with Gasteiger partial charge in [-0.15, -0.1) is 0 Å². The highest BCUT2D eigenvalue weighted by atomic mass is 79.9. The Morgan fingerprint density at radius 2 is 1.89 bits per heavy atom. The molecule has 0 bridgehead atoms. The van der Waals surface area contributed by atoms with Gasteiger partial charge in [-0.3, -0.25) is 0 Å². The van der Waals surface area contributed by atoms with Gasteiger partial charge in [-0.2, -0.15) is 0 Å². The third kappa shape index (κ3) is 3.34. The summed E-state index contributed by atoms with van der Waals surface area (Å²) in [5.74, 6) is -0.426. The molecule has 0 aliphatic heterocycles. The molecule has 0 unspecified atom stereocenters. The Morgan fingerprint density at radius 1 is 1.17 bits per heavy atom. The first-order valence-corrected chi connectivity index (χ1v) is 6.50. The van der Waals surface area contributed by atoms with Crippen LogP contribution < -0.4 is 0 Å². The maximum Gasteiger partial charge on any atom is 0.340 e. The topological polar surface area (TPSA) is 26.3 Å². The number of hydrogen-bond acceptors (Lipinski definition) is 2. The van der Waals surface area contributed by atoms with Crippen LogP contribution in [0.4, 0.5) is 0 Å². The highest BCUT2D eigenvalue weighted by Crippen LogP contribution is 2.22. The van der Waals surface area contributed by atoms with Crippen molar-refractivity contribution >= 4 is 33.5 Å². The number of carbonyl (C=O) groups excluding carboxylic acids is 1. The second-order valence-electron chi connectivity index (χ2n) is 3.69. The summed E-state index contributed by atoms with van der Waals surface area (Å²) in [5, 5.41) is 0.385. The van der Waals surface area contributed by atoms with E-state index in [0.717, 1.165) is 10.0 Å². The van der Waals surface area contributed by atoms with E-state index in [4.69, 9.17) is 16.3 Å². The number of rotatable bonds is 3. The molecule has 0 radical (unpaired) electrons. The van der Waals surface area contributed by atoms with Crippen LogP contribution in [0.1, 0.15) is 15.9 Å². The Hall–Kier alpha value is -1.32. The van der Waals surface area contributed by atoms with Crippen molar-refractivity contribution in [3.05, 3.63) is 69.2 Å². The van der Waals surface area contributed by atoms with Gasteiger partial charge in [0.25, 0.3) is 0 Å². The minimum absolute atomic E-state index is 0.239. The van der Waals surface area contributed by atoms with Gasteiger partial charge in [-0.1, -0.05) is 57.9 Å². The van der Waals surface area contributed by atoms with E-state index in [-0.39, 0.29) is 6.61 Å². The predicted molar refractivity (Wildman–Crippen MR) is 74.7 cm³/mol. The number of hydrogen-bond donors (Lipinski definition) is 0. The summed E-state index contributed by atoms with van der Waals surface area (Å²) in [6.45, 7) is 0.239. The fourth-order valence-electron chi connectivity index (χ4n) is 1.45. The largest absolute Gasteiger partial charge is 0.457 e. The summed E-state index contributed by atoms with van der Waals surface area (Å²) >= 11 is 9.25. The minimum atomic E-state index is -0.426. The number of halogens is 2. The lowest BCUT2D eigenvalue weighted by Crippen LogP contribution is -2.06. The highest BCUT2D eigenvalue weighted by Gasteiger charge is 2.12. The molecule has 0 aliphatic rings. The quantitative estimate of drug-likeness (QED) is 0.779. The molecule has 0 heterocycles. The van der Waals surface area contributed by atoms with Crippen LogP contribution in [-0.2, 0) is 11.3 Å². The summed E-state index contributed by atoms with van der Waals surface area (Å²) in [5.41, 5.74) is 1.30. The van der Waals surface area contributed by atoms with Crippen molar-refractivity contribution in [2.24, 2.45) is 0 Å². The van der Waals surface area contributed by atoms with Gasteiger partial charge in [-0.05, 0) is 23.8 Å².